The van der Waals surface area contributed by atoms with Crippen molar-refractivity contribution in [2.75, 3.05) is 7.11 Å². The zero-order valence-corrected chi connectivity index (χ0v) is 24.8. The molecule has 2 N–H and O–H groups in total. The van der Waals surface area contributed by atoms with E-state index in [1.165, 1.54) is 6.07 Å². The van der Waals surface area contributed by atoms with E-state index < -0.39 is 17.7 Å². The van der Waals surface area contributed by atoms with Gasteiger partial charge in [-0.2, -0.15) is 4.98 Å². The Balaban J connectivity index is 0.00000216. The minimum atomic E-state index is -0.905. The summed E-state index contributed by atoms with van der Waals surface area (Å²) in [5, 5.41) is 13.9. The SMILES string of the molecule is CC(C)(C)c1ccc(C(=O)NC(C=O)Cc2ccc(-c3noc(-c4ccc(-c5ccc(F)c(F)c5)cc4)n3)cc2)cc1.CO. The van der Waals surface area contributed by atoms with Gasteiger partial charge in [-0.05, 0) is 70.5 Å². The van der Waals surface area contributed by atoms with E-state index in [1.54, 1.807) is 36.4 Å². The summed E-state index contributed by atoms with van der Waals surface area (Å²) in [6.45, 7) is 6.32. The highest BCUT2D eigenvalue weighted by Gasteiger charge is 2.17. The van der Waals surface area contributed by atoms with E-state index in [2.05, 4.69) is 36.2 Å². The van der Waals surface area contributed by atoms with Gasteiger partial charge in [-0.15, -0.1) is 0 Å². The summed E-state index contributed by atoms with van der Waals surface area (Å²) in [6.07, 6.45) is 1.07. The molecule has 0 spiro atoms. The molecule has 0 fully saturated rings. The maximum Gasteiger partial charge on any atom is 0.258 e. The quantitative estimate of drug-likeness (QED) is 0.191. The molecule has 7 nitrogen and oxygen atoms in total. The van der Waals surface area contributed by atoms with E-state index in [4.69, 9.17) is 9.63 Å². The summed E-state index contributed by atoms with van der Waals surface area (Å²) in [5.74, 6) is -1.40. The lowest BCUT2D eigenvalue weighted by Gasteiger charge is -2.19. The molecule has 44 heavy (non-hydrogen) atoms. The van der Waals surface area contributed by atoms with Crippen molar-refractivity contribution in [1.29, 1.82) is 0 Å². The van der Waals surface area contributed by atoms with E-state index >= 15 is 0 Å². The van der Waals surface area contributed by atoms with Gasteiger partial charge < -0.3 is 19.7 Å². The first kappa shape index (κ1) is 31.9. The summed E-state index contributed by atoms with van der Waals surface area (Å²) < 4.78 is 32.3. The number of carbonyl (C=O) groups excluding carboxylic acids is 2. The lowest BCUT2D eigenvalue weighted by atomic mass is 9.86. The number of rotatable bonds is 8. The van der Waals surface area contributed by atoms with Gasteiger partial charge >= 0.3 is 0 Å². The number of hydrogen-bond donors (Lipinski definition) is 2. The predicted molar refractivity (Wildman–Crippen MR) is 165 cm³/mol. The maximum atomic E-state index is 13.6. The van der Waals surface area contributed by atoms with Crippen LogP contribution in [0.25, 0.3) is 34.0 Å². The molecule has 5 aromatic rings. The average molecular weight is 598 g/mol. The molecule has 226 valence electrons. The standard InChI is InChI=1S/C34H29F2N3O3.CH4O/c1-34(2,3)27-15-12-24(13-16-27)32(41)37-28(20-40)18-21-4-6-23(7-5-21)31-38-33(42-39-31)25-10-8-22(9-11-25)26-14-17-29(35)30(36)19-26;1-2/h4-17,19-20,28H,18H2,1-3H3,(H,37,41);2H,1H3. The molecule has 0 saturated carbocycles. The summed E-state index contributed by atoms with van der Waals surface area (Å²) in [6, 6.07) is 24.9. The first-order chi connectivity index (χ1) is 21.1. The predicted octanol–water partition coefficient (Wildman–Crippen LogP) is 6.79. The molecule has 1 heterocycles. The van der Waals surface area contributed by atoms with Crippen LogP contribution in [-0.4, -0.2) is 40.6 Å². The van der Waals surface area contributed by atoms with Crippen molar-refractivity contribution in [2.45, 2.75) is 38.6 Å². The third-order valence-corrected chi connectivity index (χ3v) is 6.97. The number of aliphatic hydroxyl groups excluding tert-OH is 1. The molecule has 5 rings (SSSR count). The number of nitrogens with zero attached hydrogens (tertiary/aromatic N) is 2. The van der Waals surface area contributed by atoms with E-state index in [0.717, 1.165) is 47.8 Å². The number of carbonyl (C=O) groups is 2. The highest BCUT2D eigenvalue weighted by molar-refractivity contribution is 5.95. The number of amides is 1. The van der Waals surface area contributed by atoms with E-state index in [9.17, 15) is 18.4 Å². The molecule has 9 heteroatoms. The number of hydrogen-bond acceptors (Lipinski definition) is 6. The van der Waals surface area contributed by atoms with Crippen molar-refractivity contribution in [3.63, 3.8) is 0 Å². The minimum Gasteiger partial charge on any atom is -0.400 e. The highest BCUT2D eigenvalue weighted by Crippen LogP contribution is 2.27. The highest BCUT2D eigenvalue weighted by atomic mass is 19.2. The van der Waals surface area contributed by atoms with E-state index in [-0.39, 0.29) is 11.3 Å². The second-order valence-corrected chi connectivity index (χ2v) is 11.1. The molecule has 0 aliphatic rings. The topological polar surface area (TPSA) is 105 Å². The number of aliphatic hydroxyl groups is 1. The summed E-state index contributed by atoms with van der Waals surface area (Å²) in [4.78, 5) is 28.9. The van der Waals surface area contributed by atoms with Gasteiger partial charge in [-0.1, -0.05) is 80.5 Å². The fraction of sp³-hybridized carbons (Fsp3) is 0.200. The Labute approximate surface area is 254 Å². The van der Waals surface area contributed by atoms with E-state index in [0.29, 0.717) is 34.8 Å². The van der Waals surface area contributed by atoms with Gasteiger partial charge in [0.1, 0.15) is 6.29 Å². The molecule has 0 aliphatic heterocycles. The monoisotopic (exact) mass is 597 g/mol. The van der Waals surface area contributed by atoms with Crippen molar-refractivity contribution in [3.8, 4) is 34.0 Å². The molecule has 1 amide bonds. The molecule has 0 saturated heterocycles. The van der Waals surface area contributed by atoms with Crippen LogP contribution in [0.15, 0.2) is 95.5 Å². The van der Waals surface area contributed by atoms with Crippen LogP contribution in [0.3, 0.4) is 0 Å². The molecular weight excluding hydrogens is 564 g/mol. The molecule has 1 unspecified atom stereocenters. The van der Waals surface area contributed by atoms with Gasteiger partial charge in [-0.25, -0.2) is 8.78 Å². The first-order valence-corrected chi connectivity index (χ1v) is 13.9. The first-order valence-electron chi connectivity index (χ1n) is 13.9. The Morgan fingerprint density at radius 1 is 0.841 bits per heavy atom. The Kier molecular flexibility index (Phi) is 10.1. The van der Waals surface area contributed by atoms with Crippen LogP contribution in [0.1, 0.15) is 42.3 Å². The Hall–Kier alpha value is -5.02. The average Bonchev–Trinajstić information content (AvgIpc) is 3.53. The zero-order chi connectivity index (χ0) is 31.9. The third kappa shape index (κ3) is 7.67. The lowest BCUT2D eigenvalue weighted by molar-refractivity contribution is -0.109. The molecule has 4 aromatic carbocycles. The second-order valence-electron chi connectivity index (χ2n) is 11.1. The molecular formula is C35H33F2N3O4. The fourth-order valence-corrected chi connectivity index (χ4v) is 4.49. The van der Waals surface area contributed by atoms with Crippen molar-refractivity contribution >= 4 is 12.2 Å². The molecule has 0 aliphatic carbocycles. The number of benzene rings is 4. The van der Waals surface area contributed by atoms with Gasteiger partial charge in [0.25, 0.3) is 11.8 Å². The van der Waals surface area contributed by atoms with Crippen molar-refractivity contribution in [2.24, 2.45) is 0 Å². The van der Waals surface area contributed by atoms with Crippen molar-refractivity contribution < 1.29 is 28.0 Å². The van der Waals surface area contributed by atoms with Gasteiger partial charge in [0.2, 0.25) is 5.82 Å². The number of halogens is 2. The lowest BCUT2D eigenvalue weighted by Crippen LogP contribution is -2.37. The van der Waals surface area contributed by atoms with E-state index in [1.807, 2.05) is 36.4 Å². The smallest absolute Gasteiger partial charge is 0.258 e. The number of nitrogens with one attached hydrogen (secondary N) is 1. The van der Waals surface area contributed by atoms with Crippen LogP contribution >= 0.6 is 0 Å². The summed E-state index contributed by atoms with van der Waals surface area (Å²) in [5.41, 5.74) is 5.13. The van der Waals surface area contributed by atoms with Crippen molar-refractivity contribution in [3.05, 3.63) is 119 Å². The number of aromatic nitrogens is 2. The Bertz CT molecular complexity index is 1710. The molecule has 0 radical (unpaired) electrons. The van der Waals surface area contributed by atoms with Crippen LogP contribution in [0.5, 0.6) is 0 Å². The van der Waals surface area contributed by atoms with Crippen LogP contribution in [-0.2, 0) is 16.6 Å². The minimum absolute atomic E-state index is 0.0176. The summed E-state index contributed by atoms with van der Waals surface area (Å²) in [7, 11) is 1.00. The van der Waals surface area contributed by atoms with Gasteiger partial charge in [0.15, 0.2) is 11.6 Å². The molecule has 1 atom stereocenters. The second kappa shape index (κ2) is 14.0. The van der Waals surface area contributed by atoms with Crippen LogP contribution in [0.4, 0.5) is 8.78 Å². The van der Waals surface area contributed by atoms with Crippen LogP contribution in [0, 0.1) is 11.6 Å². The number of aldehydes is 1. The van der Waals surface area contributed by atoms with Crippen LogP contribution < -0.4 is 5.32 Å². The summed E-state index contributed by atoms with van der Waals surface area (Å²) >= 11 is 0. The van der Waals surface area contributed by atoms with Crippen LogP contribution in [0.2, 0.25) is 0 Å². The van der Waals surface area contributed by atoms with Gasteiger partial charge in [0.05, 0.1) is 6.04 Å². The molecule has 0 bridgehead atoms. The Morgan fingerprint density at radius 3 is 2.02 bits per heavy atom. The normalized spacial score (nSPS) is 11.7. The maximum absolute atomic E-state index is 13.6. The van der Waals surface area contributed by atoms with Crippen molar-refractivity contribution in [1.82, 2.24) is 15.5 Å². The van der Waals surface area contributed by atoms with Gasteiger partial charge in [0, 0.05) is 23.8 Å². The molecule has 1 aromatic heterocycles. The zero-order valence-electron chi connectivity index (χ0n) is 24.8. The fourth-order valence-electron chi connectivity index (χ4n) is 4.49. The Morgan fingerprint density at radius 2 is 1.43 bits per heavy atom. The van der Waals surface area contributed by atoms with Gasteiger partial charge in [-0.3, -0.25) is 4.79 Å². The third-order valence-electron chi connectivity index (χ3n) is 6.97. The largest absolute Gasteiger partial charge is 0.400 e.